The first kappa shape index (κ1) is 16.8. The van der Waals surface area contributed by atoms with Gasteiger partial charge < -0.3 is 15.4 Å². The third-order valence-electron chi connectivity index (χ3n) is 3.27. The molecule has 0 radical (unpaired) electrons. The molecule has 0 aliphatic carbocycles. The van der Waals surface area contributed by atoms with Crippen molar-refractivity contribution in [2.45, 2.75) is 13.5 Å². The maximum atomic E-state index is 11.9. The number of ether oxygens (including phenoxy) is 1. The van der Waals surface area contributed by atoms with Crippen molar-refractivity contribution in [1.29, 1.82) is 0 Å². The highest BCUT2D eigenvalue weighted by atomic mass is 35.5. The van der Waals surface area contributed by atoms with E-state index >= 15 is 0 Å². The minimum Gasteiger partial charge on any atom is -0.496 e. The minimum absolute atomic E-state index is 0.204. The maximum absolute atomic E-state index is 11.9. The lowest BCUT2D eigenvalue weighted by molar-refractivity contribution is -0.136. The van der Waals surface area contributed by atoms with Gasteiger partial charge in [-0.2, -0.15) is 0 Å². The Bertz CT molecular complexity index is 732. The third kappa shape index (κ3) is 4.47. The van der Waals surface area contributed by atoms with Gasteiger partial charge in [0.15, 0.2) is 0 Å². The number of hydrogen-bond acceptors (Lipinski definition) is 3. The van der Waals surface area contributed by atoms with Crippen LogP contribution in [0.5, 0.6) is 5.75 Å². The summed E-state index contributed by atoms with van der Waals surface area (Å²) in [5.41, 5.74) is 2.12. The van der Waals surface area contributed by atoms with Gasteiger partial charge in [-0.3, -0.25) is 9.59 Å². The van der Waals surface area contributed by atoms with Crippen molar-refractivity contribution >= 4 is 29.1 Å². The number of carbonyl (C=O) groups excluding carboxylic acids is 2. The van der Waals surface area contributed by atoms with E-state index in [2.05, 4.69) is 10.6 Å². The molecule has 2 amide bonds. The molecular formula is C17H17ClN2O3. The molecule has 23 heavy (non-hydrogen) atoms. The number of amides is 2. The number of halogens is 1. The van der Waals surface area contributed by atoms with E-state index in [-0.39, 0.29) is 6.54 Å². The number of carbonyl (C=O) groups is 2. The highest BCUT2D eigenvalue weighted by Crippen LogP contribution is 2.19. The van der Waals surface area contributed by atoms with Crippen LogP contribution in [0, 0.1) is 6.92 Å². The molecule has 0 aliphatic heterocycles. The molecule has 0 saturated heterocycles. The zero-order valence-electron chi connectivity index (χ0n) is 12.9. The number of nitrogens with one attached hydrogen (secondary N) is 2. The highest BCUT2D eigenvalue weighted by molar-refractivity contribution is 6.39. The molecular weight excluding hydrogens is 316 g/mol. The first-order valence-electron chi connectivity index (χ1n) is 6.98. The quantitative estimate of drug-likeness (QED) is 0.846. The largest absolute Gasteiger partial charge is 0.496 e. The van der Waals surface area contributed by atoms with Crippen molar-refractivity contribution in [1.82, 2.24) is 5.32 Å². The minimum atomic E-state index is -0.731. The van der Waals surface area contributed by atoms with Crippen LogP contribution >= 0.6 is 11.6 Å². The molecule has 0 spiro atoms. The van der Waals surface area contributed by atoms with Crippen LogP contribution < -0.4 is 15.4 Å². The van der Waals surface area contributed by atoms with E-state index in [0.717, 1.165) is 11.1 Å². The molecule has 0 aliphatic rings. The first-order valence-corrected chi connectivity index (χ1v) is 7.36. The van der Waals surface area contributed by atoms with Crippen LogP contribution in [-0.4, -0.2) is 18.9 Å². The Kier molecular flexibility index (Phi) is 5.60. The van der Waals surface area contributed by atoms with Gasteiger partial charge in [0.1, 0.15) is 5.75 Å². The van der Waals surface area contributed by atoms with E-state index in [0.29, 0.717) is 16.5 Å². The molecule has 6 heteroatoms. The van der Waals surface area contributed by atoms with E-state index in [1.165, 1.54) is 0 Å². The fourth-order valence-electron chi connectivity index (χ4n) is 2.05. The van der Waals surface area contributed by atoms with Gasteiger partial charge in [-0.05, 0) is 36.8 Å². The topological polar surface area (TPSA) is 67.4 Å². The number of benzene rings is 2. The predicted molar refractivity (Wildman–Crippen MR) is 89.7 cm³/mol. The van der Waals surface area contributed by atoms with Crippen LogP contribution in [0.4, 0.5) is 5.69 Å². The Morgan fingerprint density at radius 2 is 1.87 bits per heavy atom. The SMILES string of the molecule is COc1ccccc1CNC(=O)C(=O)Nc1ccc(Cl)cc1C. The average Bonchev–Trinajstić information content (AvgIpc) is 2.55. The van der Waals surface area contributed by atoms with Gasteiger partial charge in [0.25, 0.3) is 0 Å². The van der Waals surface area contributed by atoms with Crippen molar-refractivity contribution in [2.75, 3.05) is 12.4 Å². The summed E-state index contributed by atoms with van der Waals surface area (Å²) >= 11 is 5.86. The number of anilines is 1. The van der Waals surface area contributed by atoms with Gasteiger partial charge >= 0.3 is 11.8 Å². The number of rotatable bonds is 4. The number of aryl methyl sites for hydroxylation is 1. The summed E-state index contributed by atoms with van der Waals surface area (Å²) in [6.45, 7) is 2.00. The molecule has 2 N–H and O–H groups in total. The van der Waals surface area contributed by atoms with E-state index in [9.17, 15) is 9.59 Å². The summed E-state index contributed by atoms with van der Waals surface area (Å²) in [5.74, 6) is -0.794. The molecule has 2 rings (SSSR count). The van der Waals surface area contributed by atoms with Gasteiger partial charge in [0, 0.05) is 22.8 Å². The van der Waals surface area contributed by atoms with Crippen molar-refractivity contribution in [3.05, 3.63) is 58.6 Å². The third-order valence-corrected chi connectivity index (χ3v) is 3.51. The lowest BCUT2D eigenvalue weighted by atomic mass is 10.2. The van der Waals surface area contributed by atoms with Crippen molar-refractivity contribution in [2.24, 2.45) is 0 Å². The number of methoxy groups -OCH3 is 1. The summed E-state index contributed by atoms with van der Waals surface area (Å²) in [7, 11) is 1.55. The molecule has 5 nitrogen and oxygen atoms in total. The van der Waals surface area contributed by atoms with E-state index in [4.69, 9.17) is 16.3 Å². The highest BCUT2D eigenvalue weighted by Gasteiger charge is 2.15. The zero-order valence-corrected chi connectivity index (χ0v) is 13.6. The molecule has 2 aromatic rings. The van der Waals surface area contributed by atoms with Crippen LogP contribution in [0.1, 0.15) is 11.1 Å². The Balaban J connectivity index is 1.96. The van der Waals surface area contributed by atoms with Gasteiger partial charge in [0.2, 0.25) is 0 Å². The van der Waals surface area contributed by atoms with Crippen LogP contribution in [0.25, 0.3) is 0 Å². The molecule has 0 saturated carbocycles. The lowest BCUT2D eigenvalue weighted by Gasteiger charge is -2.11. The van der Waals surface area contributed by atoms with Crippen LogP contribution in [0.2, 0.25) is 5.02 Å². The molecule has 0 heterocycles. The molecule has 0 bridgehead atoms. The second kappa shape index (κ2) is 7.65. The van der Waals surface area contributed by atoms with Crippen molar-refractivity contribution < 1.29 is 14.3 Å². The van der Waals surface area contributed by atoms with Crippen molar-refractivity contribution in [3.63, 3.8) is 0 Å². The van der Waals surface area contributed by atoms with Crippen LogP contribution in [0.3, 0.4) is 0 Å². The summed E-state index contributed by atoms with van der Waals surface area (Å²) in [6.07, 6.45) is 0. The molecule has 2 aromatic carbocycles. The maximum Gasteiger partial charge on any atom is 0.313 e. The summed E-state index contributed by atoms with van der Waals surface area (Å²) in [6, 6.07) is 12.3. The van der Waals surface area contributed by atoms with Crippen molar-refractivity contribution in [3.8, 4) is 5.75 Å². The Hall–Kier alpha value is -2.53. The standard InChI is InChI=1S/C17H17ClN2O3/c1-11-9-13(18)7-8-14(11)20-17(22)16(21)19-10-12-5-3-4-6-15(12)23-2/h3-9H,10H2,1-2H3,(H,19,21)(H,20,22). The average molecular weight is 333 g/mol. The van der Waals surface area contributed by atoms with Gasteiger partial charge in [-0.1, -0.05) is 29.8 Å². The molecule has 0 fully saturated rings. The smallest absolute Gasteiger partial charge is 0.313 e. The Morgan fingerprint density at radius 1 is 1.13 bits per heavy atom. The first-order chi connectivity index (χ1) is 11.0. The fraction of sp³-hybridized carbons (Fsp3) is 0.176. The molecule has 0 atom stereocenters. The summed E-state index contributed by atoms with van der Waals surface area (Å²) < 4.78 is 5.20. The van der Waals surface area contributed by atoms with Crippen LogP contribution in [0.15, 0.2) is 42.5 Å². The normalized spacial score (nSPS) is 10.0. The van der Waals surface area contributed by atoms with E-state index in [1.54, 1.807) is 38.3 Å². The van der Waals surface area contributed by atoms with Gasteiger partial charge in [-0.15, -0.1) is 0 Å². The molecule has 120 valence electrons. The Morgan fingerprint density at radius 3 is 2.57 bits per heavy atom. The molecule has 0 unspecified atom stereocenters. The second-order valence-electron chi connectivity index (χ2n) is 4.91. The Labute approximate surface area is 139 Å². The second-order valence-corrected chi connectivity index (χ2v) is 5.34. The van der Waals surface area contributed by atoms with Crippen LogP contribution in [-0.2, 0) is 16.1 Å². The zero-order chi connectivity index (χ0) is 16.8. The van der Waals surface area contributed by atoms with Gasteiger partial charge in [-0.25, -0.2) is 0 Å². The monoisotopic (exact) mass is 332 g/mol. The number of hydrogen-bond donors (Lipinski definition) is 2. The van der Waals surface area contributed by atoms with E-state index in [1.807, 2.05) is 18.2 Å². The van der Waals surface area contributed by atoms with Gasteiger partial charge in [0.05, 0.1) is 7.11 Å². The lowest BCUT2D eigenvalue weighted by Crippen LogP contribution is -2.35. The summed E-state index contributed by atoms with van der Waals surface area (Å²) in [5, 5.41) is 5.70. The summed E-state index contributed by atoms with van der Waals surface area (Å²) in [4.78, 5) is 23.8. The number of para-hydroxylation sites is 1. The van der Waals surface area contributed by atoms with E-state index < -0.39 is 11.8 Å². The fourth-order valence-corrected chi connectivity index (χ4v) is 2.28. The predicted octanol–water partition coefficient (Wildman–Crippen LogP) is 2.91. The molecule has 0 aromatic heterocycles.